The number of aromatic nitrogens is 2. The summed E-state index contributed by atoms with van der Waals surface area (Å²) in [6.07, 6.45) is 2.45. The molecule has 0 spiro atoms. The van der Waals surface area contributed by atoms with Gasteiger partial charge in [0.15, 0.2) is 0 Å². The van der Waals surface area contributed by atoms with Crippen molar-refractivity contribution < 1.29 is 4.79 Å². The fourth-order valence-corrected chi connectivity index (χ4v) is 0.884. The van der Waals surface area contributed by atoms with Crippen LogP contribution in [0.5, 0.6) is 0 Å². The fraction of sp³-hybridized carbons (Fsp3) is 0.444. The Morgan fingerprint density at radius 3 is 2.86 bits per heavy atom. The zero-order valence-corrected chi connectivity index (χ0v) is 8.20. The molecule has 0 aliphatic carbocycles. The van der Waals surface area contributed by atoms with Crippen LogP contribution in [-0.4, -0.2) is 22.4 Å². The third-order valence-electron chi connectivity index (χ3n) is 1.57. The SMILES string of the molecule is CC(C)CNC(=O)c1cncc(=O)[nH]1. The van der Waals surface area contributed by atoms with Gasteiger partial charge in [0.25, 0.3) is 11.5 Å². The van der Waals surface area contributed by atoms with Crippen LogP contribution in [0.3, 0.4) is 0 Å². The van der Waals surface area contributed by atoms with Gasteiger partial charge in [0.2, 0.25) is 0 Å². The molecule has 76 valence electrons. The van der Waals surface area contributed by atoms with E-state index < -0.39 is 0 Å². The van der Waals surface area contributed by atoms with Gasteiger partial charge in [-0.2, -0.15) is 0 Å². The van der Waals surface area contributed by atoms with E-state index in [0.717, 1.165) is 6.20 Å². The van der Waals surface area contributed by atoms with Gasteiger partial charge >= 0.3 is 0 Å². The fourth-order valence-electron chi connectivity index (χ4n) is 0.884. The Morgan fingerprint density at radius 2 is 2.29 bits per heavy atom. The Morgan fingerprint density at radius 1 is 1.57 bits per heavy atom. The lowest BCUT2D eigenvalue weighted by Crippen LogP contribution is -2.29. The summed E-state index contributed by atoms with van der Waals surface area (Å²) in [5, 5.41) is 2.68. The molecule has 0 fully saturated rings. The molecule has 0 unspecified atom stereocenters. The number of hydrogen-bond acceptors (Lipinski definition) is 3. The molecule has 2 N–H and O–H groups in total. The smallest absolute Gasteiger partial charge is 0.269 e. The zero-order chi connectivity index (χ0) is 10.6. The van der Waals surface area contributed by atoms with E-state index in [1.54, 1.807) is 0 Å². The lowest BCUT2D eigenvalue weighted by Gasteiger charge is -2.06. The quantitative estimate of drug-likeness (QED) is 0.721. The molecule has 14 heavy (non-hydrogen) atoms. The van der Waals surface area contributed by atoms with Gasteiger partial charge in [0.05, 0.1) is 12.4 Å². The van der Waals surface area contributed by atoms with Crippen LogP contribution in [0.15, 0.2) is 17.2 Å². The van der Waals surface area contributed by atoms with Crippen LogP contribution < -0.4 is 10.9 Å². The third kappa shape index (κ3) is 3.01. The number of nitrogens with one attached hydrogen (secondary N) is 2. The van der Waals surface area contributed by atoms with Crippen LogP contribution >= 0.6 is 0 Å². The van der Waals surface area contributed by atoms with E-state index in [9.17, 15) is 9.59 Å². The summed E-state index contributed by atoms with van der Waals surface area (Å²) >= 11 is 0. The van der Waals surface area contributed by atoms with E-state index in [0.29, 0.717) is 12.5 Å². The predicted molar refractivity (Wildman–Crippen MR) is 52.0 cm³/mol. The molecule has 0 aliphatic heterocycles. The second-order valence-electron chi connectivity index (χ2n) is 3.41. The molecule has 1 aromatic heterocycles. The number of hydrogen-bond donors (Lipinski definition) is 2. The van der Waals surface area contributed by atoms with Gasteiger partial charge in [-0.25, -0.2) is 0 Å². The van der Waals surface area contributed by atoms with Gasteiger partial charge in [0.1, 0.15) is 5.69 Å². The predicted octanol–water partition coefficient (Wildman–Crippen LogP) is 0.156. The molecule has 0 saturated heterocycles. The first-order chi connectivity index (χ1) is 6.59. The average Bonchev–Trinajstić information content (AvgIpc) is 2.14. The highest BCUT2D eigenvalue weighted by Crippen LogP contribution is 1.91. The minimum atomic E-state index is -0.373. The van der Waals surface area contributed by atoms with Crippen LogP contribution in [0.4, 0.5) is 0 Å². The van der Waals surface area contributed by atoms with E-state index >= 15 is 0 Å². The molecule has 0 radical (unpaired) electrons. The molecule has 0 aromatic carbocycles. The number of carbonyl (C=O) groups is 1. The lowest BCUT2D eigenvalue weighted by molar-refractivity contribution is 0.0943. The van der Waals surface area contributed by atoms with Crippen molar-refractivity contribution in [3.05, 3.63) is 28.4 Å². The second kappa shape index (κ2) is 4.55. The van der Waals surface area contributed by atoms with Crippen LogP contribution in [0, 0.1) is 5.92 Å². The first-order valence-corrected chi connectivity index (χ1v) is 4.42. The topological polar surface area (TPSA) is 74.8 Å². The molecular weight excluding hydrogens is 182 g/mol. The summed E-state index contributed by atoms with van der Waals surface area (Å²) in [5.74, 6) is 0.0752. The summed E-state index contributed by atoms with van der Waals surface area (Å²) in [4.78, 5) is 28.2. The van der Waals surface area contributed by atoms with Crippen molar-refractivity contribution in [1.29, 1.82) is 0 Å². The molecule has 0 aliphatic rings. The van der Waals surface area contributed by atoms with Crippen LogP contribution in [0.25, 0.3) is 0 Å². The maximum atomic E-state index is 11.4. The highest BCUT2D eigenvalue weighted by molar-refractivity contribution is 5.91. The Bertz CT molecular complexity index is 370. The Kier molecular flexibility index (Phi) is 3.39. The molecule has 1 amide bonds. The first-order valence-electron chi connectivity index (χ1n) is 4.42. The normalized spacial score (nSPS) is 10.2. The van der Waals surface area contributed by atoms with Crippen LogP contribution in [0.1, 0.15) is 24.3 Å². The summed E-state index contributed by atoms with van der Waals surface area (Å²) in [7, 11) is 0. The Hall–Kier alpha value is -1.65. The molecule has 1 aromatic rings. The van der Waals surface area contributed by atoms with Crippen molar-refractivity contribution in [1.82, 2.24) is 15.3 Å². The number of carbonyl (C=O) groups excluding carboxylic acids is 1. The van der Waals surface area contributed by atoms with Crippen molar-refractivity contribution in [3.63, 3.8) is 0 Å². The molecule has 1 rings (SSSR count). The van der Waals surface area contributed by atoms with E-state index in [2.05, 4.69) is 15.3 Å². The van der Waals surface area contributed by atoms with E-state index in [-0.39, 0.29) is 17.2 Å². The van der Waals surface area contributed by atoms with Crippen molar-refractivity contribution in [3.8, 4) is 0 Å². The average molecular weight is 195 g/mol. The molecule has 0 saturated carbocycles. The number of aromatic amines is 1. The minimum Gasteiger partial charge on any atom is -0.350 e. The van der Waals surface area contributed by atoms with E-state index in [4.69, 9.17) is 0 Å². The van der Waals surface area contributed by atoms with Crippen LogP contribution in [-0.2, 0) is 0 Å². The third-order valence-corrected chi connectivity index (χ3v) is 1.57. The standard InChI is InChI=1S/C9H13N3O2/c1-6(2)3-11-9(14)7-4-10-5-8(13)12-7/h4-6H,3H2,1-2H3,(H,11,14)(H,12,13). The summed E-state index contributed by atoms with van der Waals surface area (Å²) in [5.41, 5.74) is -0.180. The monoisotopic (exact) mass is 195 g/mol. The molecule has 5 nitrogen and oxygen atoms in total. The van der Waals surface area contributed by atoms with Gasteiger partial charge in [-0.3, -0.25) is 14.6 Å². The van der Waals surface area contributed by atoms with Gasteiger partial charge in [-0.1, -0.05) is 13.8 Å². The maximum absolute atomic E-state index is 11.4. The van der Waals surface area contributed by atoms with Gasteiger partial charge < -0.3 is 10.3 Å². The highest BCUT2D eigenvalue weighted by atomic mass is 16.2. The summed E-state index contributed by atoms with van der Waals surface area (Å²) < 4.78 is 0. The van der Waals surface area contributed by atoms with Crippen molar-refractivity contribution >= 4 is 5.91 Å². The number of H-pyrrole nitrogens is 1. The minimum absolute atomic E-state index is 0.193. The summed E-state index contributed by atoms with van der Waals surface area (Å²) in [6, 6.07) is 0. The Balaban J connectivity index is 2.65. The number of amides is 1. The lowest BCUT2D eigenvalue weighted by atomic mass is 10.2. The molecular formula is C9H13N3O2. The van der Waals surface area contributed by atoms with Gasteiger partial charge in [0, 0.05) is 6.54 Å². The largest absolute Gasteiger partial charge is 0.350 e. The van der Waals surface area contributed by atoms with Crippen molar-refractivity contribution in [2.75, 3.05) is 6.54 Å². The molecule has 5 heteroatoms. The van der Waals surface area contributed by atoms with Gasteiger partial charge in [-0.05, 0) is 5.92 Å². The molecule has 0 atom stereocenters. The van der Waals surface area contributed by atoms with E-state index in [1.807, 2.05) is 13.8 Å². The number of rotatable bonds is 3. The van der Waals surface area contributed by atoms with E-state index in [1.165, 1.54) is 6.20 Å². The number of nitrogens with zero attached hydrogens (tertiary/aromatic N) is 1. The summed E-state index contributed by atoms with van der Waals surface area (Å²) in [6.45, 7) is 4.56. The Labute approximate surface area is 81.6 Å². The van der Waals surface area contributed by atoms with Crippen molar-refractivity contribution in [2.24, 2.45) is 5.92 Å². The zero-order valence-electron chi connectivity index (χ0n) is 8.20. The molecule has 0 bridgehead atoms. The first kappa shape index (κ1) is 10.4. The van der Waals surface area contributed by atoms with Crippen molar-refractivity contribution in [2.45, 2.75) is 13.8 Å². The second-order valence-corrected chi connectivity index (χ2v) is 3.41. The maximum Gasteiger partial charge on any atom is 0.269 e. The highest BCUT2D eigenvalue weighted by Gasteiger charge is 2.06. The van der Waals surface area contributed by atoms with Gasteiger partial charge in [-0.15, -0.1) is 0 Å². The van der Waals surface area contributed by atoms with Crippen LogP contribution in [0.2, 0.25) is 0 Å². The molecule has 1 heterocycles.